The molecule has 5 nitrogen and oxygen atoms in total. The lowest BCUT2D eigenvalue weighted by molar-refractivity contribution is -0.122. The van der Waals surface area contributed by atoms with Crippen LogP contribution in [0, 0.1) is 6.92 Å². The monoisotopic (exact) mass is 426 g/mol. The van der Waals surface area contributed by atoms with Crippen molar-refractivity contribution in [2.24, 2.45) is 0 Å². The Kier molecular flexibility index (Phi) is 5.76. The number of benzene rings is 2. The summed E-state index contributed by atoms with van der Waals surface area (Å²) < 4.78 is 6.62. The van der Waals surface area contributed by atoms with Crippen LogP contribution >= 0.6 is 15.9 Å². The summed E-state index contributed by atoms with van der Waals surface area (Å²) in [6.45, 7) is 6.24. The Hall–Kier alpha value is -2.86. The molecule has 1 fully saturated rings. The number of rotatable bonds is 6. The van der Waals surface area contributed by atoms with E-state index in [0.717, 1.165) is 20.5 Å². The van der Waals surface area contributed by atoms with Crippen molar-refractivity contribution in [1.82, 2.24) is 10.2 Å². The maximum Gasteiger partial charge on any atom is 0.329 e. The van der Waals surface area contributed by atoms with Gasteiger partial charge in [0.15, 0.2) is 0 Å². The molecule has 27 heavy (non-hydrogen) atoms. The summed E-state index contributed by atoms with van der Waals surface area (Å²) in [7, 11) is 0. The quantitative estimate of drug-likeness (QED) is 0.422. The smallest absolute Gasteiger partial charge is 0.329 e. The van der Waals surface area contributed by atoms with Gasteiger partial charge in [-0.2, -0.15) is 0 Å². The third-order valence-corrected chi connectivity index (χ3v) is 4.68. The van der Waals surface area contributed by atoms with Gasteiger partial charge in [0, 0.05) is 6.54 Å². The van der Waals surface area contributed by atoms with Gasteiger partial charge in [-0.3, -0.25) is 9.69 Å². The molecule has 0 unspecified atom stereocenters. The Morgan fingerprint density at radius 3 is 2.59 bits per heavy atom. The molecule has 1 N–H and O–H groups in total. The number of hydrogen-bond donors (Lipinski definition) is 1. The molecule has 0 bridgehead atoms. The fraction of sp³-hybridized carbons (Fsp3) is 0.143. The van der Waals surface area contributed by atoms with Gasteiger partial charge < -0.3 is 10.1 Å². The molecular weight excluding hydrogens is 408 g/mol. The number of imide groups is 1. The highest BCUT2D eigenvalue weighted by molar-refractivity contribution is 9.10. The molecule has 3 rings (SSSR count). The number of ether oxygens (including phenoxy) is 1. The highest BCUT2D eigenvalue weighted by Crippen LogP contribution is 2.28. The van der Waals surface area contributed by atoms with E-state index in [-0.39, 0.29) is 18.1 Å². The Labute approximate surface area is 166 Å². The minimum atomic E-state index is -0.441. The van der Waals surface area contributed by atoms with Gasteiger partial charge in [0.25, 0.3) is 5.91 Å². The lowest BCUT2D eigenvalue weighted by atomic mass is 10.1. The molecule has 0 spiro atoms. The number of carbonyl (C=O) groups excluding carboxylic acids is 2. The average molecular weight is 427 g/mol. The number of nitrogens with zero attached hydrogens (tertiary/aromatic N) is 1. The van der Waals surface area contributed by atoms with E-state index in [1.54, 1.807) is 6.08 Å². The number of urea groups is 1. The van der Waals surface area contributed by atoms with Crippen molar-refractivity contribution in [3.8, 4) is 5.75 Å². The molecule has 1 aliphatic rings. The van der Waals surface area contributed by atoms with Crippen LogP contribution in [0.5, 0.6) is 5.75 Å². The van der Waals surface area contributed by atoms with E-state index in [1.165, 1.54) is 11.6 Å². The molecule has 1 saturated heterocycles. The van der Waals surface area contributed by atoms with Gasteiger partial charge in [0.2, 0.25) is 0 Å². The van der Waals surface area contributed by atoms with Crippen LogP contribution in [0.25, 0.3) is 6.08 Å². The number of hydrogen-bond acceptors (Lipinski definition) is 3. The maximum atomic E-state index is 12.2. The van der Waals surface area contributed by atoms with Crippen LogP contribution in [-0.2, 0) is 11.4 Å². The summed E-state index contributed by atoms with van der Waals surface area (Å²) in [6.07, 6.45) is 3.15. The van der Waals surface area contributed by atoms with Gasteiger partial charge in [-0.25, -0.2) is 4.79 Å². The molecule has 1 aliphatic heterocycles. The number of amides is 3. The van der Waals surface area contributed by atoms with Crippen molar-refractivity contribution in [3.63, 3.8) is 0 Å². The lowest BCUT2D eigenvalue weighted by Crippen LogP contribution is -2.30. The normalized spacial score (nSPS) is 15.2. The van der Waals surface area contributed by atoms with Crippen molar-refractivity contribution >= 4 is 33.9 Å². The maximum absolute atomic E-state index is 12.2. The Balaban J connectivity index is 1.71. The topological polar surface area (TPSA) is 58.6 Å². The van der Waals surface area contributed by atoms with E-state index in [2.05, 4.69) is 27.8 Å². The highest BCUT2D eigenvalue weighted by Gasteiger charge is 2.32. The predicted octanol–water partition coefficient (Wildman–Crippen LogP) is 4.42. The van der Waals surface area contributed by atoms with E-state index in [4.69, 9.17) is 4.74 Å². The molecule has 2 aromatic carbocycles. The summed E-state index contributed by atoms with van der Waals surface area (Å²) in [5.74, 6) is 0.337. The van der Waals surface area contributed by atoms with Gasteiger partial charge in [-0.15, -0.1) is 6.58 Å². The van der Waals surface area contributed by atoms with E-state index in [1.807, 2.05) is 49.4 Å². The van der Waals surface area contributed by atoms with Crippen molar-refractivity contribution in [1.29, 1.82) is 0 Å². The molecule has 1 heterocycles. The van der Waals surface area contributed by atoms with Gasteiger partial charge in [0.1, 0.15) is 18.1 Å². The SMILES string of the molecule is C=CCN1C(=O)N/C(=C/c2ccc(OCc3ccc(C)cc3)c(Br)c2)C1=O. The molecule has 138 valence electrons. The summed E-state index contributed by atoms with van der Waals surface area (Å²) in [4.78, 5) is 25.2. The van der Waals surface area contributed by atoms with Crippen LogP contribution in [0.4, 0.5) is 4.79 Å². The third-order valence-electron chi connectivity index (χ3n) is 4.06. The van der Waals surface area contributed by atoms with Crippen molar-refractivity contribution in [3.05, 3.63) is 82.0 Å². The molecule has 0 radical (unpaired) electrons. The summed E-state index contributed by atoms with van der Waals surface area (Å²) >= 11 is 3.50. The van der Waals surface area contributed by atoms with Crippen molar-refractivity contribution in [2.45, 2.75) is 13.5 Å². The van der Waals surface area contributed by atoms with E-state index in [9.17, 15) is 9.59 Å². The molecule has 0 aliphatic carbocycles. The molecule has 3 amide bonds. The fourth-order valence-electron chi connectivity index (χ4n) is 2.60. The largest absolute Gasteiger partial charge is 0.488 e. The second kappa shape index (κ2) is 8.22. The minimum absolute atomic E-state index is 0.178. The molecule has 0 atom stereocenters. The van der Waals surface area contributed by atoms with Crippen LogP contribution < -0.4 is 10.1 Å². The molecule has 6 heteroatoms. The summed E-state index contributed by atoms with van der Waals surface area (Å²) in [5, 5.41) is 2.58. The van der Waals surface area contributed by atoms with E-state index >= 15 is 0 Å². The molecule has 0 saturated carbocycles. The highest BCUT2D eigenvalue weighted by atomic mass is 79.9. The first kappa shape index (κ1) is 18.9. The molecular formula is C21H19BrN2O3. The van der Waals surface area contributed by atoms with Gasteiger partial charge >= 0.3 is 6.03 Å². The zero-order valence-electron chi connectivity index (χ0n) is 14.9. The Bertz CT molecular complexity index is 920. The Morgan fingerprint density at radius 2 is 1.93 bits per heavy atom. The van der Waals surface area contributed by atoms with Crippen LogP contribution in [0.3, 0.4) is 0 Å². The number of halogens is 1. The van der Waals surface area contributed by atoms with Gasteiger partial charge in [-0.05, 0) is 52.2 Å². The number of aryl methyl sites for hydroxylation is 1. The zero-order chi connectivity index (χ0) is 19.4. The number of nitrogens with one attached hydrogen (secondary N) is 1. The van der Waals surface area contributed by atoms with Gasteiger partial charge in [-0.1, -0.05) is 42.0 Å². The summed E-state index contributed by atoms with van der Waals surface area (Å²) in [6, 6.07) is 13.2. The lowest BCUT2D eigenvalue weighted by Gasteiger charge is -2.09. The first-order valence-corrected chi connectivity index (χ1v) is 9.20. The fourth-order valence-corrected chi connectivity index (χ4v) is 3.11. The van der Waals surface area contributed by atoms with E-state index in [0.29, 0.717) is 12.4 Å². The van der Waals surface area contributed by atoms with Crippen LogP contribution in [0.15, 0.2) is 65.3 Å². The molecule has 0 aromatic heterocycles. The Morgan fingerprint density at radius 1 is 1.19 bits per heavy atom. The van der Waals surface area contributed by atoms with Crippen LogP contribution in [-0.4, -0.2) is 23.4 Å². The second-order valence-corrected chi connectivity index (χ2v) is 7.01. The van der Waals surface area contributed by atoms with Crippen molar-refractivity contribution in [2.75, 3.05) is 6.54 Å². The van der Waals surface area contributed by atoms with Gasteiger partial charge in [0.05, 0.1) is 4.47 Å². The first-order chi connectivity index (χ1) is 13.0. The van der Waals surface area contributed by atoms with Crippen molar-refractivity contribution < 1.29 is 14.3 Å². The minimum Gasteiger partial charge on any atom is -0.488 e. The first-order valence-electron chi connectivity index (χ1n) is 8.41. The average Bonchev–Trinajstić information content (AvgIpc) is 2.90. The van der Waals surface area contributed by atoms with Crippen LogP contribution in [0.1, 0.15) is 16.7 Å². The third kappa shape index (κ3) is 4.46. The standard InChI is InChI=1S/C21H19BrN2O3/c1-3-10-24-20(25)18(23-21(24)26)12-16-8-9-19(17(22)11-16)27-13-15-6-4-14(2)5-7-15/h3-9,11-12H,1,10,13H2,2H3,(H,23,26)/b18-12+. The number of carbonyl (C=O) groups is 2. The summed E-state index contributed by atoms with van der Waals surface area (Å²) in [5.41, 5.74) is 3.30. The zero-order valence-corrected chi connectivity index (χ0v) is 16.5. The van der Waals surface area contributed by atoms with Crippen LogP contribution in [0.2, 0.25) is 0 Å². The predicted molar refractivity (Wildman–Crippen MR) is 108 cm³/mol. The second-order valence-electron chi connectivity index (χ2n) is 6.16. The molecule has 2 aromatic rings. The van der Waals surface area contributed by atoms with E-state index < -0.39 is 6.03 Å².